The Bertz CT molecular complexity index is 412. The first-order valence-electron chi connectivity index (χ1n) is 5.67. The average molecular weight is 692 g/mol. The second-order valence-electron chi connectivity index (χ2n) is 4.83. The van der Waals surface area contributed by atoms with Gasteiger partial charge in [0.15, 0.2) is 0 Å². The normalized spacial score (nSPS) is 34.3. The molecule has 0 bridgehead atoms. The van der Waals surface area contributed by atoms with Crippen molar-refractivity contribution in [1.29, 1.82) is 0 Å². The van der Waals surface area contributed by atoms with Gasteiger partial charge in [-0.25, -0.2) is 0 Å². The lowest BCUT2D eigenvalue weighted by atomic mass is 10.0. The van der Waals surface area contributed by atoms with Gasteiger partial charge in [0.1, 0.15) is 0 Å². The minimum Gasteiger partial charge on any atom is -0.0743 e. The van der Waals surface area contributed by atoms with Gasteiger partial charge in [0, 0.05) is 10.4 Å². The van der Waals surface area contributed by atoms with E-state index in [0.29, 0.717) is 6.84 Å². The van der Waals surface area contributed by atoms with E-state index in [9.17, 15) is 0 Å². The lowest BCUT2D eigenvalue weighted by molar-refractivity contribution is 0.832. The van der Waals surface area contributed by atoms with Crippen LogP contribution in [0.1, 0.15) is 26.7 Å². The number of rotatable bonds is 0. The summed E-state index contributed by atoms with van der Waals surface area (Å²) >= 11 is 9.67. The first kappa shape index (κ1) is 17.9. The predicted octanol–water partition coefficient (Wildman–Crippen LogP) is 6.92. The number of hydrogen-bond donors (Lipinski definition) is 0. The highest BCUT2D eigenvalue weighted by atomic mass is 127. The van der Waals surface area contributed by atoms with Crippen LogP contribution in [0.15, 0.2) is 43.6 Å². The van der Waals surface area contributed by atoms with Crippen LogP contribution in [0, 0.1) is 0 Å². The van der Waals surface area contributed by atoms with Gasteiger partial charge in [-0.2, -0.15) is 0 Å². The van der Waals surface area contributed by atoms with Crippen LogP contribution in [-0.2, 0) is 0 Å². The SMILES string of the molecule is CC1(I)C=CC(I)=CC1.CC1(I)C=CC=C(I)C1. The summed E-state index contributed by atoms with van der Waals surface area (Å²) in [6, 6.07) is 0. The zero-order valence-corrected chi connectivity index (χ0v) is 19.0. The van der Waals surface area contributed by atoms with Gasteiger partial charge < -0.3 is 0 Å². The maximum Gasteiger partial charge on any atom is 0.0420 e. The van der Waals surface area contributed by atoms with Crippen molar-refractivity contribution in [3.8, 4) is 0 Å². The highest BCUT2D eigenvalue weighted by Crippen LogP contribution is 2.33. The molecule has 0 N–H and O–H groups in total. The molecule has 4 heteroatoms. The number of allylic oxidation sites excluding steroid dienone is 8. The van der Waals surface area contributed by atoms with E-state index in [4.69, 9.17) is 0 Å². The van der Waals surface area contributed by atoms with Gasteiger partial charge >= 0.3 is 0 Å². The van der Waals surface area contributed by atoms with Crippen LogP contribution in [0.2, 0.25) is 0 Å². The molecule has 2 aliphatic rings. The molecule has 100 valence electrons. The Morgan fingerprint density at radius 1 is 1.06 bits per heavy atom. The Kier molecular flexibility index (Phi) is 7.74. The summed E-state index contributed by atoms with van der Waals surface area (Å²) in [5.41, 5.74) is 0. The van der Waals surface area contributed by atoms with Crippen LogP contribution in [0.5, 0.6) is 0 Å². The maximum atomic E-state index is 2.47. The quantitative estimate of drug-likeness (QED) is 0.191. The van der Waals surface area contributed by atoms with Gasteiger partial charge in [0.2, 0.25) is 0 Å². The first-order valence-corrected chi connectivity index (χ1v) is 9.98. The predicted molar refractivity (Wildman–Crippen MR) is 117 cm³/mol. The molecule has 2 atom stereocenters. The van der Waals surface area contributed by atoms with Crippen LogP contribution in [0.3, 0.4) is 0 Å². The monoisotopic (exact) mass is 692 g/mol. The summed E-state index contributed by atoms with van der Waals surface area (Å²) in [6.45, 7) is 4.49. The molecule has 0 radical (unpaired) electrons. The van der Waals surface area contributed by atoms with Crippen LogP contribution in [0.4, 0.5) is 0 Å². The van der Waals surface area contributed by atoms with Gasteiger partial charge in [-0.05, 0) is 75.5 Å². The van der Waals surface area contributed by atoms with E-state index in [1.807, 2.05) is 0 Å². The second-order valence-corrected chi connectivity index (χ2v) is 12.4. The molecule has 0 aromatic rings. The number of halogens is 4. The van der Waals surface area contributed by atoms with Crippen molar-refractivity contribution in [2.45, 2.75) is 33.5 Å². The molecule has 0 spiro atoms. The van der Waals surface area contributed by atoms with E-state index >= 15 is 0 Å². The van der Waals surface area contributed by atoms with Gasteiger partial charge in [-0.15, -0.1) is 0 Å². The highest BCUT2D eigenvalue weighted by Gasteiger charge is 2.18. The molecule has 0 aromatic carbocycles. The van der Waals surface area contributed by atoms with Crippen LogP contribution in [0.25, 0.3) is 0 Å². The van der Waals surface area contributed by atoms with Crippen molar-refractivity contribution >= 4 is 90.4 Å². The van der Waals surface area contributed by atoms with E-state index in [1.54, 1.807) is 0 Å². The Hall–Kier alpha value is 1.88. The van der Waals surface area contributed by atoms with E-state index in [1.165, 1.54) is 20.0 Å². The Morgan fingerprint density at radius 3 is 2.06 bits per heavy atom. The average Bonchev–Trinajstić information content (AvgIpc) is 2.22. The number of hydrogen-bond acceptors (Lipinski definition) is 0. The molecule has 0 aromatic heterocycles. The van der Waals surface area contributed by atoms with Gasteiger partial charge in [-0.1, -0.05) is 81.6 Å². The molecule has 18 heavy (non-hydrogen) atoms. The van der Waals surface area contributed by atoms with E-state index in [2.05, 4.69) is 141 Å². The lowest BCUT2D eigenvalue weighted by Crippen LogP contribution is -2.12. The molecular formula is C14H16I4. The molecule has 0 nitrogen and oxygen atoms in total. The summed E-state index contributed by atoms with van der Waals surface area (Å²) in [6.07, 6.45) is 15.6. The summed E-state index contributed by atoms with van der Waals surface area (Å²) in [5, 5.41) is 0. The third kappa shape index (κ3) is 7.61. The fraction of sp³-hybridized carbons (Fsp3) is 0.429. The first-order chi connectivity index (χ1) is 8.20. The van der Waals surface area contributed by atoms with Crippen molar-refractivity contribution < 1.29 is 0 Å². The van der Waals surface area contributed by atoms with Crippen molar-refractivity contribution in [1.82, 2.24) is 0 Å². The zero-order chi connectivity index (χ0) is 13.8. The van der Waals surface area contributed by atoms with Crippen molar-refractivity contribution in [3.05, 3.63) is 43.6 Å². The molecule has 2 rings (SSSR count). The lowest BCUT2D eigenvalue weighted by Gasteiger charge is -2.19. The molecular weight excluding hydrogens is 676 g/mol. The van der Waals surface area contributed by atoms with Crippen molar-refractivity contribution in [3.63, 3.8) is 0 Å². The molecule has 0 fully saturated rings. The van der Waals surface area contributed by atoms with Gasteiger partial charge in [-0.3, -0.25) is 0 Å². The van der Waals surface area contributed by atoms with Crippen LogP contribution < -0.4 is 0 Å². The van der Waals surface area contributed by atoms with Crippen LogP contribution in [-0.4, -0.2) is 6.84 Å². The standard InChI is InChI=1S/2C7H8I2/c1-7(9)4-2-6(8)3-5-7;1-7(9)4-2-3-6(8)5-7/h2*2-4H,5H2,1H3. The molecule has 0 heterocycles. The summed E-state index contributed by atoms with van der Waals surface area (Å²) in [7, 11) is 0. The number of alkyl halides is 2. The molecule has 0 aliphatic heterocycles. The summed E-state index contributed by atoms with van der Waals surface area (Å²) < 4.78 is 3.55. The molecule has 0 amide bonds. The summed E-state index contributed by atoms with van der Waals surface area (Å²) in [5.74, 6) is 0. The highest BCUT2D eigenvalue weighted by molar-refractivity contribution is 14.1. The van der Waals surface area contributed by atoms with Crippen molar-refractivity contribution in [2.24, 2.45) is 0 Å². The minimum atomic E-state index is 0.364. The van der Waals surface area contributed by atoms with Crippen molar-refractivity contribution in [2.75, 3.05) is 0 Å². The molecule has 2 unspecified atom stereocenters. The minimum absolute atomic E-state index is 0.364. The smallest absolute Gasteiger partial charge is 0.0420 e. The summed E-state index contributed by atoms with van der Waals surface area (Å²) in [4.78, 5) is 0. The molecule has 0 saturated carbocycles. The van der Waals surface area contributed by atoms with Gasteiger partial charge in [0.05, 0.1) is 0 Å². The largest absolute Gasteiger partial charge is 0.0743 e. The van der Waals surface area contributed by atoms with E-state index in [0.717, 1.165) is 0 Å². The van der Waals surface area contributed by atoms with Gasteiger partial charge in [0.25, 0.3) is 0 Å². The third-order valence-electron chi connectivity index (χ3n) is 2.52. The topological polar surface area (TPSA) is 0 Å². The zero-order valence-electron chi connectivity index (χ0n) is 10.4. The van der Waals surface area contributed by atoms with E-state index in [-0.39, 0.29) is 0 Å². The maximum absolute atomic E-state index is 2.47. The molecule has 2 aliphatic carbocycles. The second kappa shape index (κ2) is 7.77. The Balaban J connectivity index is 0.000000180. The fourth-order valence-corrected chi connectivity index (χ4v) is 4.64. The third-order valence-corrected chi connectivity index (χ3v) is 5.60. The Morgan fingerprint density at radius 2 is 1.72 bits per heavy atom. The van der Waals surface area contributed by atoms with Crippen LogP contribution >= 0.6 is 90.4 Å². The van der Waals surface area contributed by atoms with E-state index < -0.39 is 0 Å². The fourth-order valence-electron chi connectivity index (χ4n) is 1.49. The molecule has 0 saturated heterocycles. The Labute approximate surface area is 165 Å².